The van der Waals surface area contributed by atoms with E-state index in [1.165, 1.54) is 30.3 Å². The fourth-order valence-electron chi connectivity index (χ4n) is 3.16. The van der Waals surface area contributed by atoms with E-state index in [4.69, 9.17) is 11.6 Å². The number of amides is 1. The van der Waals surface area contributed by atoms with Crippen molar-refractivity contribution in [3.8, 4) is 0 Å². The molecule has 1 unspecified atom stereocenters. The van der Waals surface area contributed by atoms with E-state index in [0.29, 0.717) is 29.2 Å². The molecule has 0 saturated carbocycles. The lowest BCUT2D eigenvalue weighted by Gasteiger charge is -2.24. The number of anilines is 1. The molecule has 3 aromatic rings. The van der Waals surface area contributed by atoms with E-state index >= 15 is 0 Å². The number of benzene rings is 1. The van der Waals surface area contributed by atoms with Gasteiger partial charge in [0.1, 0.15) is 10.0 Å². The summed E-state index contributed by atoms with van der Waals surface area (Å²) < 4.78 is 41.3. The van der Waals surface area contributed by atoms with E-state index in [-0.39, 0.29) is 16.2 Å². The monoisotopic (exact) mass is 466 g/mol. The van der Waals surface area contributed by atoms with Crippen LogP contribution in [-0.2, 0) is 22.9 Å². The first-order chi connectivity index (χ1) is 14.3. The quantitative estimate of drug-likeness (QED) is 0.600. The van der Waals surface area contributed by atoms with Crippen molar-refractivity contribution < 1.29 is 17.6 Å². The van der Waals surface area contributed by atoms with Crippen molar-refractivity contribution in [1.82, 2.24) is 14.7 Å². The molecule has 0 radical (unpaired) electrons. The van der Waals surface area contributed by atoms with Crippen molar-refractivity contribution in [3.63, 3.8) is 0 Å². The van der Waals surface area contributed by atoms with Crippen molar-refractivity contribution in [2.24, 2.45) is 0 Å². The summed E-state index contributed by atoms with van der Waals surface area (Å²) in [7, 11) is -3.64. The van der Waals surface area contributed by atoms with Crippen LogP contribution in [0.15, 0.2) is 46.8 Å². The van der Waals surface area contributed by atoms with Crippen molar-refractivity contribution in [2.75, 3.05) is 5.32 Å². The second kappa shape index (κ2) is 8.38. The Kier molecular flexibility index (Phi) is 5.83. The van der Waals surface area contributed by atoms with E-state index in [2.05, 4.69) is 20.0 Å². The Morgan fingerprint density at radius 1 is 1.20 bits per heavy atom. The minimum atomic E-state index is -3.64. The summed E-state index contributed by atoms with van der Waals surface area (Å²) in [5, 5.41) is 2.59. The van der Waals surface area contributed by atoms with Crippen molar-refractivity contribution in [2.45, 2.75) is 29.5 Å². The average Bonchev–Trinajstić information content (AvgIpc) is 3.16. The number of halogens is 2. The minimum Gasteiger partial charge on any atom is -0.290 e. The fourth-order valence-corrected chi connectivity index (χ4v) is 5.93. The van der Waals surface area contributed by atoms with Gasteiger partial charge in [0.25, 0.3) is 5.91 Å². The number of nitrogens with zero attached hydrogens (tertiary/aromatic N) is 2. The molecule has 2 heterocycles. The smallest absolute Gasteiger partial charge is 0.258 e. The third-order valence-electron chi connectivity index (χ3n) is 4.62. The molecule has 4 rings (SSSR count). The van der Waals surface area contributed by atoms with Crippen LogP contribution in [0.2, 0.25) is 4.34 Å². The molecule has 0 aliphatic heterocycles. The zero-order valence-corrected chi connectivity index (χ0v) is 17.8. The third-order valence-corrected chi connectivity index (χ3v) is 7.86. The fraction of sp³-hybridized carbons (Fsp3) is 0.211. The molecule has 156 valence electrons. The van der Waals surface area contributed by atoms with Gasteiger partial charge in [-0.15, -0.1) is 11.3 Å². The van der Waals surface area contributed by atoms with Crippen LogP contribution in [0, 0.1) is 5.82 Å². The number of sulfonamides is 1. The first kappa shape index (κ1) is 20.9. The van der Waals surface area contributed by atoms with Gasteiger partial charge in [-0.05, 0) is 61.2 Å². The van der Waals surface area contributed by atoms with Crippen LogP contribution in [0.4, 0.5) is 10.3 Å². The van der Waals surface area contributed by atoms with Crippen LogP contribution in [0.5, 0.6) is 0 Å². The zero-order valence-electron chi connectivity index (χ0n) is 15.4. The lowest BCUT2D eigenvalue weighted by molar-refractivity contribution is 0.102. The SMILES string of the molecule is O=C(Nc1ncc2c(n1)CCC(NS(=O)(=O)c1ccc(Cl)s1)C2)c1ccc(F)cc1. The number of carbonyl (C=O) groups is 1. The molecule has 0 spiro atoms. The maximum atomic E-state index is 13.0. The molecule has 0 saturated heterocycles. The molecule has 1 aliphatic carbocycles. The highest BCUT2D eigenvalue weighted by Crippen LogP contribution is 2.27. The van der Waals surface area contributed by atoms with Crippen LogP contribution in [-0.4, -0.2) is 30.3 Å². The van der Waals surface area contributed by atoms with E-state index < -0.39 is 21.7 Å². The second-order valence-corrected chi connectivity index (χ2v) is 10.4. The van der Waals surface area contributed by atoms with Gasteiger partial charge in [0.05, 0.1) is 4.34 Å². The summed E-state index contributed by atoms with van der Waals surface area (Å²) in [6, 6.07) is 7.90. The average molecular weight is 467 g/mol. The highest BCUT2D eigenvalue weighted by Gasteiger charge is 2.26. The molecule has 0 bridgehead atoms. The standard InChI is InChI=1S/C19H16ClFN4O3S2/c20-16-7-8-17(29-16)30(27,28)25-14-5-6-15-12(9-14)10-22-19(23-15)24-18(26)11-1-3-13(21)4-2-11/h1-4,7-8,10,14,25H,5-6,9H2,(H,22,23,24,26). The summed E-state index contributed by atoms with van der Waals surface area (Å²) in [5.41, 5.74) is 1.87. The normalized spacial score (nSPS) is 16.1. The topological polar surface area (TPSA) is 101 Å². The van der Waals surface area contributed by atoms with Crippen LogP contribution >= 0.6 is 22.9 Å². The zero-order chi connectivity index (χ0) is 21.3. The van der Waals surface area contributed by atoms with Crippen molar-refractivity contribution >= 4 is 44.8 Å². The summed E-state index contributed by atoms with van der Waals surface area (Å²) in [5.74, 6) is -0.717. The number of nitrogens with one attached hydrogen (secondary N) is 2. The Labute approximate surface area is 181 Å². The van der Waals surface area contributed by atoms with Gasteiger partial charge < -0.3 is 0 Å². The highest BCUT2D eigenvalue weighted by atomic mass is 35.5. The number of hydrogen-bond donors (Lipinski definition) is 2. The van der Waals surface area contributed by atoms with Gasteiger partial charge in [-0.3, -0.25) is 10.1 Å². The van der Waals surface area contributed by atoms with Gasteiger partial charge in [-0.25, -0.2) is 27.5 Å². The molecule has 0 fully saturated rings. The molecular formula is C19H16ClFN4O3S2. The predicted molar refractivity (Wildman–Crippen MR) is 112 cm³/mol. The molecular weight excluding hydrogens is 451 g/mol. The molecule has 1 atom stereocenters. The Morgan fingerprint density at radius 2 is 1.97 bits per heavy atom. The van der Waals surface area contributed by atoms with Crippen LogP contribution in [0.25, 0.3) is 0 Å². The Balaban J connectivity index is 1.43. The minimum absolute atomic E-state index is 0.148. The van der Waals surface area contributed by atoms with Crippen LogP contribution in [0.1, 0.15) is 28.0 Å². The molecule has 30 heavy (non-hydrogen) atoms. The van der Waals surface area contributed by atoms with E-state index in [1.807, 2.05) is 0 Å². The Hall–Kier alpha value is -2.40. The Morgan fingerprint density at radius 3 is 2.67 bits per heavy atom. The number of thiophene rings is 1. The second-order valence-electron chi connectivity index (χ2n) is 6.75. The van der Waals surface area contributed by atoms with E-state index in [0.717, 1.165) is 22.6 Å². The number of carbonyl (C=O) groups excluding carboxylic acids is 1. The largest absolute Gasteiger partial charge is 0.290 e. The summed E-state index contributed by atoms with van der Waals surface area (Å²) in [6.45, 7) is 0. The van der Waals surface area contributed by atoms with E-state index in [9.17, 15) is 17.6 Å². The van der Waals surface area contributed by atoms with Gasteiger partial charge in [-0.2, -0.15) is 0 Å². The summed E-state index contributed by atoms with van der Waals surface area (Å²) in [4.78, 5) is 20.8. The molecule has 2 N–H and O–H groups in total. The number of aryl methyl sites for hydroxylation is 1. The van der Waals surface area contributed by atoms with E-state index in [1.54, 1.807) is 12.3 Å². The van der Waals surface area contributed by atoms with Gasteiger partial charge in [-0.1, -0.05) is 11.6 Å². The number of aromatic nitrogens is 2. The maximum absolute atomic E-state index is 13.0. The highest BCUT2D eigenvalue weighted by molar-refractivity contribution is 7.91. The van der Waals surface area contributed by atoms with Gasteiger partial charge in [0.2, 0.25) is 16.0 Å². The third kappa shape index (κ3) is 4.67. The molecule has 7 nitrogen and oxygen atoms in total. The van der Waals surface area contributed by atoms with Crippen LogP contribution in [0.3, 0.4) is 0 Å². The molecule has 11 heteroatoms. The predicted octanol–water partition coefficient (Wildman–Crippen LogP) is 3.42. The van der Waals surface area contributed by atoms with Gasteiger partial charge in [0.15, 0.2) is 0 Å². The first-order valence-electron chi connectivity index (χ1n) is 8.99. The first-order valence-corrected chi connectivity index (χ1v) is 11.7. The summed E-state index contributed by atoms with van der Waals surface area (Å²) >= 11 is 6.84. The number of fused-ring (bicyclic) bond motifs is 1. The van der Waals surface area contributed by atoms with Crippen molar-refractivity contribution in [1.29, 1.82) is 0 Å². The number of hydrogen-bond acceptors (Lipinski definition) is 6. The lowest BCUT2D eigenvalue weighted by atomic mass is 9.94. The summed E-state index contributed by atoms with van der Waals surface area (Å²) in [6.07, 6.45) is 3.13. The van der Waals surface area contributed by atoms with Crippen LogP contribution < -0.4 is 10.0 Å². The molecule has 1 aromatic carbocycles. The molecule has 2 aromatic heterocycles. The number of rotatable bonds is 5. The molecule has 1 amide bonds. The lowest BCUT2D eigenvalue weighted by Crippen LogP contribution is -2.38. The van der Waals surface area contributed by atoms with Gasteiger partial charge >= 0.3 is 0 Å². The Bertz CT molecular complexity index is 1200. The molecule has 1 aliphatic rings. The van der Waals surface area contributed by atoms with Gasteiger partial charge in [0, 0.05) is 23.5 Å². The maximum Gasteiger partial charge on any atom is 0.258 e. The van der Waals surface area contributed by atoms with Crippen molar-refractivity contribution in [3.05, 3.63) is 69.6 Å².